The molecule has 1 heterocycles. The van der Waals surface area contributed by atoms with Gasteiger partial charge >= 0.3 is 0 Å². The SMILES string of the molecule is COCc1nc(CC(N)C(C)C)cs1. The lowest BCUT2D eigenvalue weighted by Gasteiger charge is -2.13. The minimum Gasteiger partial charge on any atom is -0.378 e. The van der Waals surface area contributed by atoms with Gasteiger partial charge in [0, 0.05) is 25.0 Å². The third kappa shape index (κ3) is 3.36. The fraction of sp³-hybridized carbons (Fsp3) is 0.700. The second-order valence-corrected chi connectivity index (χ2v) is 4.72. The topological polar surface area (TPSA) is 48.1 Å². The lowest BCUT2D eigenvalue weighted by atomic mass is 10.0. The number of ether oxygens (including phenoxy) is 1. The first kappa shape index (κ1) is 11.6. The molecule has 0 amide bonds. The number of rotatable bonds is 5. The quantitative estimate of drug-likeness (QED) is 0.813. The number of aromatic nitrogens is 1. The van der Waals surface area contributed by atoms with E-state index in [0.717, 1.165) is 17.1 Å². The molecule has 1 unspecified atom stereocenters. The summed E-state index contributed by atoms with van der Waals surface area (Å²) >= 11 is 1.64. The summed E-state index contributed by atoms with van der Waals surface area (Å²) in [7, 11) is 1.68. The average Bonchev–Trinajstić information content (AvgIpc) is 2.53. The Morgan fingerprint density at radius 1 is 1.57 bits per heavy atom. The van der Waals surface area contributed by atoms with Crippen LogP contribution in [-0.4, -0.2) is 18.1 Å². The van der Waals surface area contributed by atoms with Crippen LogP contribution in [0.4, 0.5) is 0 Å². The highest BCUT2D eigenvalue weighted by Gasteiger charge is 2.10. The third-order valence-electron chi connectivity index (χ3n) is 2.17. The first-order valence-electron chi connectivity index (χ1n) is 4.81. The molecule has 0 aliphatic heterocycles. The van der Waals surface area contributed by atoms with Crippen LogP contribution in [0.5, 0.6) is 0 Å². The zero-order valence-corrected chi connectivity index (χ0v) is 9.80. The molecule has 0 saturated carbocycles. The molecule has 1 atom stereocenters. The third-order valence-corrected chi connectivity index (χ3v) is 3.04. The van der Waals surface area contributed by atoms with E-state index >= 15 is 0 Å². The summed E-state index contributed by atoms with van der Waals surface area (Å²) in [4.78, 5) is 4.44. The highest BCUT2D eigenvalue weighted by atomic mass is 32.1. The molecule has 0 fully saturated rings. The molecule has 0 aromatic carbocycles. The van der Waals surface area contributed by atoms with Crippen molar-refractivity contribution in [2.75, 3.05) is 7.11 Å². The van der Waals surface area contributed by atoms with E-state index in [9.17, 15) is 0 Å². The molecule has 0 aliphatic carbocycles. The minimum atomic E-state index is 0.201. The average molecular weight is 214 g/mol. The minimum absolute atomic E-state index is 0.201. The Morgan fingerprint density at radius 3 is 2.86 bits per heavy atom. The van der Waals surface area contributed by atoms with E-state index in [1.807, 2.05) is 0 Å². The molecule has 0 saturated heterocycles. The van der Waals surface area contributed by atoms with Crippen LogP contribution in [0.15, 0.2) is 5.38 Å². The van der Waals surface area contributed by atoms with Crippen LogP contribution in [0, 0.1) is 5.92 Å². The van der Waals surface area contributed by atoms with Gasteiger partial charge in [0.15, 0.2) is 0 Å². The van der Waals surface area contributed by atoms with Crippen LogP contribution in [0.25, 0.3) is 0 Å². The summed E-state index contributed by atoms with van der Waals surface area (Å²) in [5.74, 6) is 0.502. The van der Waals surface area contributed by atoms with Gasteiger partial charge in [-0.3, -0.25) is 0 Å². The summed E-state index contributed by atoms with van der Waals surface area (Å²) in [6.07, 6.45) is 0.859. The molecular weight excluding hydrogens is 196 g/mol. The Hall–Kier alpha value is -0.450. The van der Waals surface area contributed by atoms with Gasteiger partial charge in [-0.1, -0.05) is 13.8 Å². The molecule has 80 valence electrons. The monoisotopic (exact) mass is 214 g/mol. The Morgan fingerprint density at radius 2 is 2.29 bits per heavy atom. The van der Waals surface area contributed by atoms with Crippen molar-refractivity contribution in [3.05, 3.63) is 16.1 Å². The second-order valence-electron chi connectivity index (χ2n) is 3.78. The van der Waals surface area contributed by atoms with Crippen molar-refractivity contribution in [1.82, 2.24) is 4.98 Å². The second kappa shape index (κ2) is 5.44. The molecule has 0 bridgehead atoms. The van der Waals surface area contributed by atoms with E-state index in [-0.39, 0.29) is 6.04 Å². The van der Waals surface area contributed by atoms with E-state index in [4.69, 9.17) is 10.5 Å². The fourth-order valence-electron chi connectivity index (χ4n) is 1.11. The van der Waals surface area contributed by atoms with E-state index in [1.165, 1.54) is 0 Å². The summed E-state index contributed by atoms with van der Waals surface area (Å²) in [6.45, 7) is 4.86. The molecule has 1 aromatic rings. The molecule has 14 heavy (non-hydrogen) atoms. The molecule has 3 nitrogen and oxygen atoms in total. The van der Waals surface area contributed by atoms with Crippen LogP contribution in [0.1, 0.15) is 24.5 Å². The molecule has 0 aliphatic rings. The first-order chi connectivity index (χ1) is 6.63. The van der Waals surface area contributed by atoms with Crippen molar-refractivity contribution in [3.63, 3.8) is 0 Å². The van der Waals surface area contributed by atoms with Crippen molar-refractivity contribution < 1.29 is 4.74 Å². The number of hydrogen-bond donors (Lipinski definition) is 1. The number of hydrogen-bond acceptors (Lipinski definition) is 4. The first-order valence-corrected chi connectivity index (χ1v) is 5.69. The summed E-state index contributed by atoms with van der Waals surface area (Å²) in [5, 5.41) is 3.09. The van der Waals surface area contributed by atoms with E-state index < -0.39 is 0 Å². The van der Waals surface area contributed by atoms with Gasteiger partial charge in [-0.25, -0.2) is 4.98 Å². The number of methoxy groups -OCH3 is 1. The number of thiazole rings is 1. The van der Waals surface area contributed by atoms with Crippen LogP contribution >= 0.6 is 11.3 Å². The van der Waals surface area contributed by atoms with Gasteiger partial charge < -0.3 is 10.5 Å². The van der Waals surface area contributed by atoms with Gasteiger partial charge in [-0.2, -0.15) is 0 Å². The molecule has 0 spiro atoms. The molecule has 4 heteroatoms. The maximum absolute atomic E-state index is 5.97. The number of nitrogens with two attached hydrogens (primary N) is 1. The van der Waals surface area contributed by atoms with Crippen molar-refractivity contribution in [2.24, 2.45) is 11.7 Å². The normalized spacial score (nSPS) is 13.5. The molecule has 1 aromatic heterocycles. The summed E-state index contributed by atoms with van der Waals surface area (Å²) in [5.41, 5.74) is 7.05. The molecule has 1 rings (SSSR count). The number of nitrogens with zero attached hydrogens (tertiary/aromatic N) is 1. The predicted molar refractivity (Wildman–Crippen MR) is 59.3 cm³/mol. The highest BCUT2D eigenvalue weighted by Crippen LogP contribution is 2.13. The van der Waals surface area contributed by atoms with Crippen molar-refractivity contribution in [1.29, 1.82) is 0 Å². The van der Waals surface area contributed by atoms with Gasteiger partial charge in [-0.05, 0) is 5.92 Å². The predicted octanol–water partition coefficient (Wildman–Crippen LogP) is 1.82. The molecule has 2 N–H and O–H groups in total. The van der Waals surface area contributed by atoms with Crippen LogP contribution in [0.2, 0.25) is 0 Å². The van der Waals surface area contributed by atoms with E-state index in [0.29, 0.717) is 12.5 Å². The van der Waals surface area contributed by atoms with Gasteiger partial charge in [0.2, 0.25) is 0 Å². The molecular formula is C10H18N2OS. The van der Waals surface area contributed by atoms with E-state index in [1.54, 1.807) is 18.4 Å². The lowest BCUT2D eigenvalue weighted by molar-refractivity contribution is 0.184. The largest absolute Gasteiger partial charge is 0.378 e. The maximum atomic E-state index is 5.97. The van der Waals surface area contributed by atoms with E-state index in [2.05, 4.69) is 24.2 Å². The smallest absolute Gasteiger partial charge is 0.119 e. The molecule has 0 radical (unpaired) electrons. The highest BCUT2D eigenvalue weighted by molar-refractivity contribution is 7.09. The van der Waals surface area contributed by atoms with Crippen LogP contribution < -0.4 is 5.73 Å². The Balaban J connectivity index is 2.50. The Bertz CT molecular complexity index is 273. The van der Waals surface area contributed by atoms with Gasteiger partial charge in [0.25, 0.3) is 0 Å². The van der Waals surface area contributed by atoms with Crippen molar-refractivity contribution in [3.8, 4) is 0 Å². The summed E-state index contributed by atoms with van der Waals surface area (Å²) in [6, 6.07) is 0.201. The van der Waals surface area contributed by atoms with Crippen LogP contribution in [-0.2, 0) is 17.8 Å². The van der Waals surface area contributed by atoms with Crippen molar-refractivity contribution in [2.45, 2.75) is 32.9 Å². The zero-order chi connectivity index (χ0) is 10.6. The van der Waals surface area contributed by atoms with Crippen LogP contribution in [0.3, 0.4) is 0 Å². The standard InChI is InChI=1S/C10H18N2OS/c1-7(2)9(11)4-8-6-14-10(12-8)5-13-3/h6-7,9H,4-5,11H2,1-3H3. The Kier molecular flexibility index (Phi) is 4.51. The van der Waals surface area contributed by atoms with Gasteiger partial charge in [-0.15, -0.1) is 11.3 Å². The van der Waals surface area contributed by atoms with Crippen molar-refractivity contribution >= 4 is 11.3 Å². The lowest BCUT2D eigenvalue weighted by Crippen LogP contribution is -2.28. The van der Waals surface area contributed by atoms with Gasteiger partial charge in [0.1, 0.15) is 5.01 Å². The summed E-state index contributed by atoms with van der Waals surface area (Å²) < 4.78 is 5.01. The maximum Gasteiger partial charge on any atom is 0.119 e. The fourth-order valence-corrected chi connectivity index (χ4v) is 1.89. The Labute approximate surface area is 89.3 Å². The van der Waals surface area contributed by atoms with Gasteiger partial charge in [0.05, 0.1) is 12.3 Å². The zero-order valence-electron chi connectivity index (χ0n) is 8.99.